The molecule has 3 aromatic rings. The van der Waals surface area contributed by atoms with Crippen molar-refractivity contribution < 1.29 is 37.0 Å². The predicted octanol–water partition coefficient (Wildman–Crippen LogP) is 5.39. The van der Waals surface area contributed by atoms with Crippen molar-refractivity contribution in [3.8, 4) is 11.3 Å². The molecule has 1 saturated heterocycles. The van der Waals surface area contributed by atoms with Gasteiger partial charge in [0.1, 0.15) is 23.8 Å². The van der Waals surface area contributed by atoms with Crippen LogP contribution in [0.1, 0.15) is 32.4 Å². The minimum Gasteiger partial charge on any atom is -0.463 e. The first kappa shape index (κ1) is 29.9. The van der Waals surface area contributed by atoms with Crippen LogP contribution in [0.25, 0.3) is 11.3 Å². The molecule has 8 nitrogen and oxygen atoms in total. The molecule has 0 aliphatic carbocycles. The molecule has 0 saturated carbocycles. The molecule has 0 radical (unpaired) electrons. The van der Waals surface area contributed by atoms with E-state index < -0.39 is 53.1 Å². The zero-order valence-corrected chi connectivity index (χ0v) is 23.4. The summed E-state index contributed by atoms with van der Waals surface area (Å²) in [5.74, 6) is -5.09. The highest BCUT2D eigenvalue weighted by Gasteiger charge is 2.48. The number of hydrogen-bond acceptors (Lipinski definition) is 8. The van der Waals surface area contributed by atoms with Gasteiger partial charge in [-0.3, -0.25) is 9.59 Å². The van der Waals surface area contributed by atoms with Crippen LogP contribution in [0.3, 0.4) is 0 Å². The Morgan fingerprint density at radius 3 is 2.50 bits per heavy atom. The van der Waals surface area contributed by atoms with Crippen molar-refractivity contribution in [3.05, 3.63) is 70.6 Å². The Balaban J connectivity index is 1.63. The monoisotopic (exact) mass is 597 g/mol. The average molecular weight is 598 g/mol. The van der Waals surface area contributed by atoms with Gasteiger partial charge in [0.05, 0.1) is 12.2 Å². The Bertz CT molecular complexity index is 1350. The fourth-order valence-corrected chi connectivity index (χ4v) is 6.04. The molecule has 0 N–H and O–H groups in total. The van der Waals surface area contributed by atoms with Crippen molar-refractivity contribution in [2.75, 3.05) is 12.4 Å². The zero-order valence-electron chi connectivity index (χ0n) is 21.9. The van der Waals surface area contributed by atoms with E-state index >= 15 is 0 Å². The van der Waals surface area contributed by atoms with Crippen LogP contribution in [0.4, 0.5) is 13.2 Å². The molecule has 0 amide bonds. The van der Waals surface area contributed by atoms with Crippen LogP contribution in [-0.4, -0.2) is 56.9 Å². The highest BCUT2D eigenvalue weighted by molar-refractivity contribution is 7.99. The molecule has 2 unspecified atom stereocenters. The number of aryl methyl sites for hydroxylation is 1. The number of carbonyl (C=O) groups is 2. The quantitative estimate of drug-likeness (QED) is 0.240. The van der Waals surface area contributed by atoms with Crippen molar-refractivity contribution >= 4 is 35.3 Å². The minimum absolute atomic E-state index is 0.0182. The number of halogens is 4. The molecule has 4 rings (SSSR count). The number of ether oxygens (including phenoxy) is 3. The maximum Gasteiger partial charge on any atom is 0.303 e. The first-order chi connectivity index (χ1) is 19.0. The SMILES string of the molecule is CC(=O)OCC1O[C@H](SCCc2cccc(Cl)c2)C(C)[C@@H](n2cc(-c3cc(F)c(F)c(F)c3)nn2)[C@H]1OC(C)=O. The third-order valence-corrected chi connectivity index (χ3v) is 7.93. The number of benzene rings is 2. The number of carbonyl (C=O) groups excluding carboxylic acids is 2. The number of hydrogen-bond donors (Lipinski definition) is 0. The molecule has 1 fully saturated rings. The zero-order chi connectivity index (χ0) is 29.0. The third kappa shape index (κ3) is 7.15. The Hall–Kier alpha value is -3.09. The summed E-state index contributed by atoms with van der Waals surface area (Å²) in [7, 11) is 0. The van der Waals surface area contributed by atoms with E-state index in [4.69, 9.17) is 25.8 Å². The smallest absolute Gasteiger partial charge is 0.303 e. The molecular weight excluding hydrogens is 571 g/mol. The van der Waals surface area contributed by atoms with Gasteiger partial charge < -0.3 is 14.2 Å². The van der Waals surface area contributed by atoms with Gasteiger partial charge in [-0.25, -0.2) is 17.9 Å². The van der Waals surface area contributed by atoms with Crippen LogP contribution < -0.4 is 0 Å². The van der Waals surface area contributed by atoms with Gasteiger partial charge in [0.2, 0.25) is 0 Å². The van der Waals surface area contributed by atoms with E-state index in [-0.39, 0.29) is 23.8 Å². The van der Waals surface area contributed by atoms with Crippen molar-refractivity contribution in [1.82, 2.24) is 15.0 Å². The molecule has 1 aliphatic rings. The van der Waals surface area contributed by atoms with E-state index in [9.17, 15) is 22.8 Å². The topological polar surface area (TPSA) is 92.5 Å². The summed E-state index contributed by atoms with van der Waals surface area (Å²) in [6.45, 7) is 4.20. The second-order valence-corrected chi connectivity index (χ2v) is 11.0. The highest BCUT2D eigenvalue weighted by Crippen LogP contribution is 2.41. The normalized spacial score (nSPS) is 22.6. The molecule has 1 aliphatic heterocycles. The Morgan fingerprint density at radius 2 is 1.85 bits per heavy atom. The molecule has 5 atom stereocenters. The van der Waals surface area contributed by atoms with Crippen molar-refractivity contribution in [2.45, 2.75) is 50.9 Å². The van der Waals surface area contributed by atoms with Gasteiger partial charge >= 0.3 is 11.9 Å². The highest BCUT2D eigenvalue weighted by atomic mass is 35.5. The van der Waals surface area contributed by atoms with E-state index in [1.165, 1.54) is 36.5 Å². The number of esters is 2. The summed E-state index contributed by atoms with van der Waals surface area (Å²) in [6.07, 6.45) is 0.365. The Labute approximate surface area is 238 Å². The van der Waals surface area contributed by atoms with Crippen molar-refractivity contribution in [2.24, 2.45) is 5.92 Å². The van der Waals surface area contributed by atoms with E-state index in [0.29, 0.717) is 17.2 Å². The summed E-state index contributed by atoms with van der Waals surface area (Å²) in [5, 5.41) is 8.82. The lowest BCUT2D eigenvalue weighted by atomic mass is 9.90. The van der Waals surface area contributed by atoms with Crippen LogP contribution in [-0.2, 0) is 30.2 Å². The molecule has 214 valence electrons. The van der Waals surface area contributed by atoms with Gasteiger partial charge in [0, 0.05) is 30.4 Å². The van der Waals surface area contributed by atoms with Crippen LogP contribution in [0.2, 0.25) is 5.02 Å². The predicted molar refractivity (Wildman–Crippen MR) is 142 cm³/mol. The summed E-state index contributed by atoms with van der Waals surface area (Å²) < 4.78 is 59.8. The molecular formula is C27H27ClF3N3O5S. The summed E-state index contributed by atoms with van der Waals surface area (Å²) in [4.78, 5) is 23.7. The maximum absolute atomic E-state index is 13.9. The van der Waals surface area contributed by atoms with Gasteiger partial charge in [-0.2, -0.15) is 0 Å². The first-order valence-corrected chi connectivity index (χ1v) is 13.8. The lowest BCUT2D eigenvalue weighted by Crippen LogP contribution is -2.53. The number of aromatic nitrogens is 3. The largest absolute Gasteiger partial charge is 0.463 e. The first-order valence-electron chi connectivity index (χ1n) is 12.4. The van der Waals surface area contributed by atoms with E-state index in [1.807, 2.05) is 25.1 Å². The van der Waals surface area contributed by atoms with Crippen molar-refractivity contribution in [1.29, 1.82) is 0 Å². The summed E-state index contributed by atoms with van der Waals surface area (Å²) in [5.41, 5.74) is 0.675. The number of rotatable bonds is 9. The fraction of sp³-hybridized carbons (Fsp3) is 0.407. The van der Waals surface area contributed by atoms with Crippen LogP contribution in [0.15, 0.2) is 42.6 Å². The molecule has 2 heterocycles. The van der Waals surface area contributed by atoms with Crippen LogP contribution in [0.5, 0.6) is 0 Å². The van der Waals surface area contributed by atoms with Gasteiger partial charge in [0.15, 0.2) is 23.6 Å². The second-order valence-electron chi connectivity index (χ2n) is 9.36. The summed E-state index contributed by atoms with van der Waals surface area (Å²) in [6, 6.07) is 8.51. The maximum atomic E-state index is 13.9. The minimum atomic E-state index is -1.59. The van der Waals surface area contributed by atoms with Crippen LogP contribution in [0, 0.1) is 23.4 Å². The fourth-order valence-electron chi connectivity index (χ4n) is 4.55. The lowest BCUT2D eigenvalue weighted by molar-refractivity contribution is -0.191. The van der Waals surface area contributed by atoms with Gasteiger partial charge in [0.25, 0.3) is 0 Å². The molecule has 2 aromatic carbocycles. The Morgan fingerprint density at radius 1 is 1.12 bits per heavy atom. The van der Waals surface area contributed by atoms with E-state index in [1.54, 1.807) is 6.07 Å². The molecule has 40 heavy (non-hydrogen) atoms. The molecule has 13 heteroatoms. The average Bonchev–Trinajstić information content (AvgIpc) is 3.37. The molecule has 0 spiro atoms. The van der Waals surface area contributed by atoms with Gasteiger partial charge in [-0.15, -0.1) is 16.9 Å². The third-order valence-electron chi connectivity index (χ3n) is 6.39. The standard InChI is InChI=1S/C27H27ClF3N3O5S/c1-14-25(34-12-22(32-33-34)18-10-20(29)24(31)21(30)11-18)26(38-16(3)36)23(13-37-15(2)35)39-27(14)40-8-7-17-5-4-6-19(28)9-17/h4-6,9-12,14,23,25-27H,7-8,13H2,1-3H3/t14?,23?,25-,26+,27-/m1/s1. The second kappa shape index (κ2) is 13.0. The number of nitrogens with zero attached hydrogens (tertiary/aromatic N) is 3. The number of thioether (sulfide) groups is 1. The van der Waals surface area contributed by atoms with Crippen molar-refractivity contribution in [3.63, 3.8) is 0 Å². The lowest BCUT2D eigenvalue weighted by Gasteiger charge is -2.44. The Kier molecular flexibility index (Phi) is 9.75. The summed E-state index contributed by atoms with van der Waals surface area (Å²) >= 11 is 7.62. The van der Waals surface area contributed by atoms with Gasteiger partial charge in [-0.1, -0.05) is 35.9 Å². The molecule has 1 aromatic heterocycles. The van der Waals surface area contributed by atoms with Gasteiger partial charge in [-0.05, 0) is 42.0 Å². The van der Waals surface area contributed by atoms with E-state index in [2.05, 4.69) is 10.3 Å². The van der Waals surface area contributed by atoms with E-state index in [0.717, 1.165) is 17.7 Å². The van der Waals surface area contributed by atoms with Crippen LogP contribution >= 0.6 is 23.4 Å². The molecule has 0 bridgehead atoms.